The number of hydrogen-bond donors (Lipinski definition) is 3. The lowest BCUT2D eigenvalue weighted by molar-refractivity contribution is -0.0312. The van der Waals surface area contributed by atoms with Gasteiger partial charge in [-0.15, -0.1) is 0 Å². The van der Waals surface area contributed by atoms with Crippen LogP contribution in [-0.4, -0.2) is 83.4 Å². The standard InChI is InChI=1S/C32H43N3O7S2/c1-24(2)12-15-34-43(37,38)30-9-5-8-29(19-30)41-23-28(36)21-33-27-20-32(42-22-27)13-16-35(17-14-32)44(39,40)31-11-10-25-6-3-4-7-26(25)18-31/h3-11,18-19,24,27-28,33-34,36H,12-17,20-23H2,1-2H3/t27?,28-/m0/s1. The Morgan fingerprint density at radius 3 is 2.48 bits per heavy atom. The maximum atomic E-state index is 13.4. The number of benzene rings is 3. The number of aliphatic hydroxyl groups excluding tert-OH is 1. The molecular formula is C32H43N3O7S2. The fraction of sp³-hybridized carbons (Fsp3) is 0.500. The summed E-state index contributed by atoms with van der Waals surface area (Å²) in [5.41, 5.74) is -0.385. The van der Waals surface area contributed by atoms with E-state index in [0.29, 0.717) is 55.6 Å². The van der Waals surface area contributed by atoms with Crippen LogP contribution in [0.2, 0.25) is 0 Å². The van der Waals surface area contributed by atoms with E-state index in [1.807, 2.05) is 44.2 Å². The number of piperidine rings is 1. The summed E-state index contributed by atoms with van der Waals surface area (Å²) in [6.45, 7) is 5.97. The molecule has 1 unspecified atom stereocenters. The topological polar surface area (TPSA) is 134 Å². The van der Waals surface area contributed by atoms with Crippen molar-refractivity contribution in [3.63, 3.8) is 0 Å². The molecule has 0 radical (unpaired) electrons. The van der Waals surface area contributed by atoms with E-state index in [4.69, 9.17) is 9.47 Å². The molecule has 2 aliphatic rings. The Bertz CT molecular complexity index is 1640. The number of fused-ring (bicyclic) bond motifs is 1. The minimum Gasteiger partial charge on any atom is -0.491 e. The van der Waals surface area contributed by atoms with Crippen molar-refractivity contribution in [2.75, 3.05) is 39.4 Å². The summed E-state index contributed by atoms with van der Waals surface area (Å²) in [6, 6.07) is 19.3. The molecule has 2 fully saturated rings. The van der Waals surface area contributed by atoms with Gasteiger partial charge in [0, 0.05) is 38.3 Å². The monoisotopic (exact) mass is 645 g/mol. The largest absolute Gasteiger partial charge is 0.491 e. The van der Waals surface area contributed by atoms with E-state index in [-0.39, 0.29) is 29.7 Å². The average Bonchev–Trinajstić information content (AvgIpc) is 3.40. The second kappa shape index (κ2) is 13.8. The minimum atomic E-state index is -3.64. The highest BCUT2D eigenvalue weighted by Crippen LogP contribution is 2.37. The first-order chi connectivity index (χ1) is 21.0. The first-order valence-electron chi connectivity index (χ1n) is 15.2. The van der Waals surface area contributed by atoms with Gasteiger partial charge in [-0.05, 0) is 66.6 Å². The number of aliphatic hydroxyl groups is 1. The lowest BCUT2D eigenvalue weighted by atomic mass is 9.88. The summed E-state index contributed by atoms with van der Waals surface area (Å²) in [5, 5.41) is 15.8. The Morgan fingerprint density at radius 2 is 1.73 bits per heavy atom. The normalized spacial score (nSPS) is 20.0. The maximum absolute atomic E-state index is 13.4. The summed E-state index contributed by atoms with van der Waals surface area (Å²) >= 11 is 0. The van der Waals surface area contributed by atoms with E-state index in [0.717, 1.165) is 23.6 Å². The van der Waals surface area contributed by atoms with Crippen LogP contribution in [0.4, 0.5) is 0 Å². The first kappa shape index (κ1) is 32.8. The summed E-state index contributed by atoms with van der Waals surface area (Å²) in [7, 11) is -7.25. The van der Waals surface area contributed by atoms with E-state index in [1.54, 1.807) is 28.6 Å². The minimum absolute atomic E-state index is 0.00239. The second-order valence-corrected chi connectivity index (χ2v) is 15.9. The van der Waals surface area contributed by atoms with Crippen molar-refractivity contribution in [3.05, 3.63) is 66.7 Å². The molecular weight excluding hydrogens is 603 g/mol. The van der Waals surface area contributed by atoms with E-state index in [9.17, 15) is 21.9 Å². The van der Waals surface area contributed by atoms with Crippen molar-refractivity contribution < 1.29 is 31.4 Å². The van der Waals surface area contributed by atoms with Gasteiger partial charge in [-0.3, -0.25) is 0 Å². The lowest BCUT2D eigenvalue weighted by Crippen LogP contribution is -2.47. The van der Waals surface area contributed by atoms with Crippen molar-refractivity contribution in [2.45, 2.75) is 67.1 Å². The van der Waals surface area contributed by atoms with Crippen LogP contribution in [0.3, 0.4) is 0 Å². The highest BCUT2D eigenvalue weighted by molar-refractivity contribution is 7.89. The molecule has 5 rings (SSSR count). The number of nitrogens with zero attached hydrogens (tertiary/aromatic N) is 1. The molecule has 0 saturated carbocycles. The van der Waals surface area contributed by atoms with E-state index < -0.39 is 26.2 Å². The number of rotatable bonds is 13. The number of nitrogens with one attached hydrogen (secondary N) is 2. The van der Waals surface area contributed by atoms with Gasteiger partial charge in [-0.25, -0.2) is 21.6 Å². The quantitative estimate of drug-likeness (QED) is 0.257. The second-order valence-electron chi connectivity index (χ2n) is 12.2. The molecule has 2 heterocycles. The van der Waals surface area contributed by atoms with Gasteiger partial charge in [0.1, 0.15) is 18.5 Å². The van der Waals surface area contributed by atoms with Crippen LogP contribution >= 0.6 is 0 Å². The molecule has 3 N–H and O–H groups in total. The summed E-state index contributed by atoms with van der Waals surface area (Å²) in [5.74, 6) is 0.756. The molecule has 3 aromatic rings. The van der Waals surface area contributed by atoms with Crippen molar-refractivity contribution in [2.24, 2.45) is 5.92 Å². The van der Waals surface area contributed by atoms with Crippen molar-refractivity contribution in [3.8, 4) is 5.75 Å². The smallest absolute Gasteiger partial charge is 0.243 e. The van der Waals surface area contributed by atoms with E-state index in [1.165, 1.54) is 12.1 Å². The van der Waals surface area contributed by atoms with Gasteiger partial charge in [0.2, 0.25) is 20.0 Å². The lowest BCUT2D eigenvalue weighted by Gasteiger charge is -2.38. The van der Waals surface area contributed by atoms with Crippen LogP contribution in [0.25, 0.3) is 10.8 Å². The number of ether oxygens (including phenoxy) is 2. The zero-order valence-corrected chi connectivity index (χ0v) is 26.9. The highest BCUT2D eigenvalue weighted by Gasteiger charge is 2.44. The Balaban J connectivity index is 1.06. The average molecular weight is 646 g/mol. The Kier molecular flexibility index (Phi) is 10.3. The first-order valence-corrected chi connectivity index (χ1v) is 18.2. The zero-order chi connectivity index (χ0) is 31.4. The molecule has 2 atom stereocenters. The van der Waals surface area contributed by atoms with Crippen molar-refractivity contribution >= 4 is 30.8 Å². The van der Waals surface area contributed by atoms with Gasteiger partial charge in [0.05, 0.1) is 22.0 Å². The summed E-state index contributed by atoms with van der Waals surface area (Å²) in [4.78, 5) is 0.428. The zero-order valence-electron chi connectivity index (χ0n) is 25.3. The fourth-order valence-electron chi connectivity index (χ4n) is 5.79. The molecule has 0 bridgehead atoms. The molecule has 1 spiro atoms. The molecule has 10 nitrogen and oxygen atoms in total. The molecule has 44 heavy (non-hydrogen) atoms. The third-order valence-electron chi connectivity index (χ3n) is 8.42. The molecule has 0 aromatic heterocycles. The fourth-order valence-corrected chi connectivity index (χ4v) is 8.34. The van der Waals surface area contributed by atoms with E-state index >= 15 is 0 Å². The Hall–Kier alpha value is -2.58. The predicted molar refractivity (Wildman–Crippen MR) is 170 cm³/mol. The molecule has 12 heteroatoms. The third-order valence-corrected chi connectivity index (χ3v) is 11.8. The van der Waals surface area contributed by atoms with Gasteiger partial charge >= 0.3 is 0 Å². The van der Waals surface area contributed by atoms with Gasteiger partial charge in [0.15, 0.2) is 0 Å². The predicted octanol–water partition coefficient (Wildman–Crippen LogP) is 3.51. The number of hydrogen-bond acceptors (Lipinski definition) is 8. The molecule has 2 aliphatic heterocycles. The van der Waals surface area contributed by atoms with Gasteiger partial charge in [0.25, 0.3) is 0 Å². The summed E-state index contributed by atoms with van der Waals surface area (Å²) < 4.78 is 68.0. The SMILES string of the molecule is CC(C)CCNS(=O)(=O)c1cccc(OC[C@@H](O)CNC2COC3(CCN(S(=O)(=O)c4ccc5ccccc5c4)CC3)C2)c1. The van der Waals surface area contributed by atoms with Crippen molar-refractivity contribution in [1.82, 2.24) is 14.3 Å². The molecule has 2 saturated heterocycles. The third kappa shape index (κ3) is 7.97. The van der Waals surface area contributed by atoms with Gasteiger partial charge in [-0.2, -0.15) is 4.31 Å². The van der Waals surface area contributed by atoms with Crippen LogP contribution in [0.15, 0.2) is 76.5 Å². The van der Waals surface area contributed by atoms with Gasteiger partial charge < -0.3 is 19.9 Å². The molecule has 0 aliphatic carbocycles. The van der Waals surface area contributed by atoms with Crippen LogP contribution < -0.4 is 14.8 Å². The van der Waals surface area contributed by atoms with Gasteiger partial charge in [-0.1, -0.05) is 50.2 Å². The van der Waals surface area contributed by atoms with E-state index in [2.05, 4.69) is 10.0 Å². The molecule has 3 aromatic carbocycles. The summed E-state index contributed by atoms with van der Waals surface area (Å²) in [6.07, 6.45) is 1.87. The van der Waals surface area contributed by atoms with Crippen molar-refractivity contribution in [1.29, 1.82) is 0 Å². The van der Waals surface area contributed by atoms with Crippen LogP contribution in [0.1, 0.15) is 39.5 Å². The van der Waals surface area contributed by atoms with Crippen LogP contribution in [-0.2, 0) is 24.8 Å². The number of sulfonamides is 2. The molecule has 240 valence electrons. The Labute approximate surface area is 260 Å². The molecule has 0 amide bonds. The van der Waals surface area contributed by atoms with Crippen LogP contribution in [0.5, 0.6) is 5.75 Å². The highest BCUT2D eigenvalue weighted by atomic mass is 32.2. The Morgan fingerprint density at radius 1 is 0.977 bits per heavy atom. The van der Waals surface area contributed by atoms with Crippen LogP contribution in [0, 0.1) is 5.92 Å². The maximum Gasteiger partial charge on any atom is 0.243 e.